The van der Waals surface area contributed by atoms with E-state index in [4.69, 9.17) is 5.11 Å². The minimum Gasteiger partial charge on any atom is -0.480 e. The maximum atomic E-state index is 11.8. The molecule has 1 heterocycles. The lowest BCUT2D eigenvalue weighted by molar-refractivity contribution is -0.142. The number of alkyl halides is 3. The van der Waals surface area contributed by atoms with Gasteiger partial charge in [-0.15, -0.1) is 12.4 Å². The number of rotatable bonds is 4. The Hall–Kier alpha value is -1.55. The van der Waals surface area contributed by atoms with Crippen LogP contribution in [0.15, 0.2) is 0 Å². The molecule has 0 aliphatic carbocycles. The van der Waals surface area contributed by atoms with E-state index < -0.39 is 36.7 Å². The highest BCUT2D eigenvalue weighted by Crippen LogP contribution is 2.16. The van der Waals surface area contributed by atoms with Crippen LogP contribution < -0.4 is 10.6 Å². The summed E-state index contributed by atoms with van der Waals surface area (Å²) in [6.07, 6.45) is -3.57. The van der Waals surface area contributed by atoms with E-state index in [9.17, 15) is 27.6 Å². The van der Waals surface area contributed by atoms with E-state index in [0.717, 1.165) is 0 Å². The molecule has 0 aromatic carbocycles. The van der Waals surface area contributed by atoms with E-state index in [-0.39, 0.29) is 19.0 Å². The normalized spacial score (nSPS) is 18.7. The Morgan fingerprint density at radius 1 is 1.29 bits per heavy atom. The molecule has 11 heteroatoms. The lowest BCUT2D eigenvalue weighted by Crippen LogP contribution is -2.48. The molecule has 0 bridgehead atoms. The van der Waals surface area contributed by atoms with E-state index in [1.165, 1.54) is 10.2 Å². The fourth-order valence-corrected chi connectivity index (χ4v) is 1.87. The summed E-state index contributed by atoms with van der Waals surface area (Å²) in [5.41, 5.74) is 0. The van der Waals surface area contributed by atoms with Crippen LogP contribution in [0, 0.1) is 0 Å². The van der Waals surface area contributed by atoms with Crippen molar-refractivity contribution in [3.63, 3.8) is 0 Å². The van der Waals surface area contributed by atoms with Gasteiger partial charge in [-0.1, -0.05) is 0 Å². The van der Waals surface area contributed by atoms with Crippen molar-refractivity contribution in [1.82, 2.24) is 15.5 Å². The molecule has 0 spiro atoms. The van der Waals surface area contributed by atoms with Crippen LogP contribution in [-0.4, -0.2) is 59.8 Å². The molecule has 7 nitrogen and oxygen atoms in total. The zero-order chi connectivity index (χ0) is 15.3. The first-order valence-corrected chi connectivity index (χ1v) is 5.80. The highest BCUT2D eigenvalue weighted by Gasteiger charge is 2.32. The molecular formula is C10H15ClF3N3O4. The van der Waals surface area contributed by atoms with Gasteiger partial charge in [0, 0.05) is 0 Å². The SMILES string of the molecule is Cl.O=C(CN1CCC[C@H]1C(=O)O)NC(=O)NCC(F)(F)F. The minimum atomic E-state index is -4.57. The van der Waals surface area contributed by atoms with Gasteiger partial charge in [0.25, 0.3) is 0 Å². The average molecular weight is 334 g/mol. The number of hydrogen-bond acceptors (Lipinski definition) is 4. The van der Waals surface area contributed by atoms with Crippen LogP contribution >= 0.6 is 12.4 Å². The van der Waals surface area contributed by atoms with Crippen molar-refractivity contribution in [1.29, 1.82) is 0 Å². The Bertz CT molecular complexity index is 405. The van der Waals surface area contributed by atoms with Crippen molar-refractivity contribution >= 4 is 30.3 Å². The van der Waals surface area contributed by atoms with Crippen molar-refractivity contribution in [3.05, 3.63) is 0 Å². The topological polar surface area (TPSA) is 98.7 Å². The van der Waals surface area contributed by atoms with Crippen LogP contribution in [-0.2, 0) is 9.59 Å². The molecular weight excluding hydrogens is 319 g/mol. The number of likely N-dealkylation sites (tertiary alicyclic amines) is 1. The van der Waals surface area contributed by atoms with Gasteiger partial charge in [-0.25, -0.2) is 4.79 Å². The lowest BCUT2D eigenvalue weighted by atomic mass is 10.2. The van der Waals surface area contributed by atoms with E-state index >= 15 is 0 Å². The average Bonchev–Trinajstić information content (AvgIpc) is 2.73. The first kappa shape index (κ1) is 19.4. The second kappa shape index (κ2) is 8.03. The molecule has 0 radical (unpaired) electrons. The molecule has 3 amide bonds. The van der Waals surface area contributed by atoms with Gasteiger partial charge in [0.05, 0.1) is 6.54 Å². The first-order chi connectivity index (χ1) is 9.19. The monoisotopic (exact) mass is 333 g/mol. The summed E-state index contributed by atoms with van der Waals surface area (Å²) >= 11 is 0. The fraction of sp³-hybridized carbons (Fsp3) is 0.700. The molecule has 21 heavy (non-hydrogen) atoms. The second-order valence-corrected chi connectivity index (χ2v) is 4.31. The maximum absolute atomic E-state index is 11.8. The van der Waals surface area contributed by atoms with E-state index in [2.05, 4.69) is 0 Å². The summed E-state index contributed by atoms with van der Waals surface area (Å²) in [4.78, 5) is 34.6. The Morgan fingerprint density at radius 2 is 1.90 bits per heavy atom. The number of hydrogen-bond donors (Lipinski definition) is 3. The number of amides is 3. The first-order valence-electron chi connectivity index (χ1n) is 5.80. The van der Waals surface area contributed by atoms with Crippen molar-refractivity contribution < 1.29 is 32.7 Å². The van der Waals surface area contributed by atoms with Crippen LogP contribution in [0.25, 0.3) is 0 Å². The van der Waals surface area contributed by atoms with Crippen molar-refractivity contribution in [3.8, 4) is 0 Å². The number of nitrogens with zero attached hydrogens (tertiary/aromatic N) is 1. The molecule has 1 aliphatic heterocycles. The minimum absolute atomic E-state index is 0. The van der Waals surface area contributed by atoms with Gasteiger partial charge in [0.15, 0.2) is 0 Å². The molecule has 1 rings (SSSR count). The predicted molar refractivity (Wildman–Crippen MR) is 67.1 cm³/mol. The number of aliphatic carboxylic acids is 1. The highest BCUT2D eigenvalue weighted by atomic mass is 35.5. The van der Waals surface area contributed by atoms with Crippen molar-refractivity contribution in [2.75, 3.05) is 19.6 Å². The third-order valence-electron chi connectivity index (χ3n) is 2.70. The summed E-state index contributed by atoms with van der Waals surface area (Å²) in [5, 5.41) is 12.1. The molecule has 122 valence electrons. The Balaban J connectivity index is 0.00000400. The summed E-state index contributed by atoms with van der Waals surface area (Å²) < 4.78 is 35.5. The van der Waals surface area contributed by atoms with E-state index in [1.54, 1.807) is 5.32 Å². The van der Waals surface area contributed by atoms with Gasteiger partial charge in [-0.05, 0) is 19.4 Å². The largest absolute Gasteiger partial charge is 0.480 e. The van der Waals surface area contributed by atoms with Gasteiger partial charge in [0.1, 0.15) is 12.6 Å². The number of nitrogens with one attached hydrogen (secondary N) is 2. The summed E-state index contributed by atoms with van der Waals surface area (Å²) in [7, 11) is 0. The fourth-order valence-electron chi connectivity index (χ4n) is 1.87. The van der Waals surface area contributed by atoms with Crippen LogP contribution in [0.5, 0.6) is 0 Å². The van der Waals surface area contributed by atoms with Crippen LogP contribution in [0.4, 0.5) is 18.0 Å². The van der Waals surface area contributed by atoms with Gasteiger partial charge in [-0.2, -0.15) is 13.2 Å². The Labute approximate surface area is 124 Å². The van der Waals surface area contributed by atoms with E-state index in [1.807, 2.05) is 0 Å². The molecule has 1 atom stereocenters. The summed E-state index contributed by atoms with van der Waals surface area (Å²) in [5.74, 6) is -1.92. The smallest absolute Gasteiger partial charge is 0.405 e. The van der Waals surface area contributed by atoms with Crippen molar-refractivity contribution in [2.24, 2.45) is 0 Å². The molecule has 1 fully saturated rings. The molecule has 0 aromatic rings. The third-order valence-corrected chi connectivity index (χ3v) is 2.70. The van der Waals surface area contributed by atoms with Gasteiger partial charge >= 0.3 is 18.2 Å². The number of urea groups is 1. The Kier molecular flexibility index (Phi) is 7.44. The van der Waals surface area contributed by atoms with Gasteiger partial charge in [0.2, 0.25) is 5.91 Å². The predicted octanol–water partition coefficient (Wildman–Crippen LogP) is 0.345. The van der Waals surface area contributed by atoms with Gasteiger partial charge in [-0.3, -0.25) is 19.8 Å². The number of carboxylic acid groups (broad SMARTS) is 1. The summed E-state index contributed by atoms with van der Waals surface area (Å²) in [6.45, 7) is -1.52. The standard InChI is InChI=1S/C10H14F3N3O4.ClH/c11-10(12,13)5-14-9(20)15-7(17)4-16-3-1-2-6(16)8(18)19;/h6H,1-5H2,(H,18,19)(H2,14,15,17,20);1H/t6-;/m0./s1. The van der Waals surface area contributed by atoms with Crippen LogP contribution in [0.1, 0.15) is 12.8 Å². The number of imide groups is 1. The van der Waals surface area contributed by atoms with Crippen LogP contribution in [0.2, 0.25) is 0 Å². The third kappa shape index (κ3) is 7.14. The molecule has 3 N–H and O–H groups in total. The van der Waals surface area contributed by atoms with E-state index in [0.29, 0.717) is 19.4 Å². The molecule has 0 saturated carbocycles. The molecule has 1 saturated heterocycles. The quantitative estimate of drug-likeness (QED) is 0.689. The van der Waals surface area contributed by atoms with Crippen molar-refractivity contribution in [2.45, 2.75) is 25.1 Å². The Morgan fingerprint density at radius 3 is 2.43 bits per heavy atom. The zero-order valence-corrected chi connectivity index (χ0v) is 11.6. The summed E-state index contributed by atoms with van der Waals surface area (Å²) in [6, 6.07) is -2.07. The number of carbonyl (C=O) groups is 3. The second-order valence-electron chi connectivity index (χ2n) is 4.31. The van der Waals surface area contributed by atoms with Crippen LogP contribution in [0.3, 0.4) is 0 Å². The molecule has 1 aliphatic rings. The maximum Gasteiger partial charge on any atom is 0.405 e. The number of carboxylic acids is 1. The number of halogens is 4. The lowest BCUT2D eigenvalue weighted by Gasteiger charge is -2.20. The highest BCUT2D eigenvalue weighted by molar-refractivity contribution is 5.95. The molecule has 0 aromatic heterocycles. The zero-order valence-electron chi connectivity index (χ0n) is 10.8. The number of carbonyl (C=O) groups excluding carboxylic acids is 2. The molecule has 0 unspecified atom stereocenters. The van der Waals surface area contributed by atoms with Gasteiger partial charge < -0.3 is 10.4 Å².